The number of carbonyl (C=O) groups is 1. The van der Waals surface area contributed by atoms with Gasteiger partial charge in [0.2, 0.25) is 0 Å². The smallest absolute Gasteiger partial charge is 0.309 e. The molecule has 0 aromatic carbocycles. The van der Waals surface area contributed by atoms with Crippen molar-refractivity contribution >= 4 is 5.97 Å². The molecule has 0 amide bonds. The van der Waals surface area contributed by atoms with Gasteiger partial charge in [-0.3, -0.25) is 4.79 Å². The van der Waals surface area contributed by atoms with E-state index in [9.17, 15) is 30.3 Å². The van der Waals surface area contributed by atoms with Crippen molar-refractivity contribution in [2.24, 2.45) is 22.2 Å². The molecule has 6 nitrogen and oxygen atoms in total. The van der Waals surface area contributed by atoms with Crippen LogP contribution in [0.15, 0.2) is 0 Å². The Labute approximate surface area is 154 Å². The Morgan fingerprint density at radius 1 is 1.00 bits per heavy atom. The van der Waals surface area contributed by atoms with Crippen molar-refractivity contribution < 1.29 is 30.3 Å². The van der Waals surface area contributed by atoms with Gasteiger partial charge in [-0.15, -0.1) is 0 Å². The molecule has 0 aromatic heterocycles. The molecular formula is C20H32O6. The van der Waals surface area contributed by atoms with Gasteiger partial charge in [-0.05, 0) is 64.2 Å². The second-order valence-corrected chi connectivity index (χ2v) is 10.3. The summed E-state index contributed by atoms with van der Waals surface area (Å²) in [6.45, 7) is 3.32. The lowest BCUT2D eigenvalue weighted by Crippen LogP contribution is -2.69. The lowest BCUT2D eigenvalue weighted by atomic mass is 9.38. The maximum Gasteiger partial charge on any atom is 0.309 e. The molecule has 0 aromatic rings. The van der Waals surface area contributed by atoms with Crippen molar-refractivity contribution in [1.82, 2.24) is 0 Å². The predicted molar refractivity (Wildman–Crippen MR) is 93.3 cm³/mol. The molecule has 2 bridgehead atoms. The number of carboxylic acid groups (broad SMARTS) is 1. The Morgan fingerprint density at radius 3 is 2.31 bits per heavy atom. The zero-order valence-corrected chi connectivity index (χ0v) is 15.8. The fraction of sp³-hybridized carbons (Fsp3) is 0.950. The molecule has 148 valence electrons. The van der Waals surface area contributed by atoms with Crippen LogP contribution in [0.2, 0.25) is 0 Å². The highest BCUT2D eigenvalue weighted by Gasteiger charge is 2.78. The van der Waals surface area contributed by atoms with Gasteiger partial charge in [0.25, 0.3) is 0 Å². The van der Waals surface area contributed by atoms with Crippen LogP contribution >= 0.6 is 0 Å². The van der Waals surface area contributed by atoms with E-state index in [-0.39, 0.29) is 25.2 Å². The zero-order valence-electron chi connectivity index (χ0n) is 15.8. The minimum atomic E-state index is -1.59. The molecule has 0 unspecified atom stereocenters. The highest BCUT2D eigenvalue weighted by molar-refractivity contribution is 5.75. The molecule has 4 aliphatic carbocycles. The van der Waals surface area contributed by atoms with Crippen molar-refractivity contribution in [3.05, 3.63) is 0 Å². The van der Waals surface area contributed by atoms with E-state index in [4.69, 9.17) is 0 Å². The fourth-order valence-electron chi connectivity index (χ4n) is 7.94. The summed E-state index contributed by atoms with van der Waals surface area (Å²) in [4.78, 5) is 12.1. The third-order valence-corrected chi connectivity index (χ3v) is 9.44. The second kappa shape index (κ2) is 5.02. The van der Waals surface area contributed by atoms with Crippen molar-refractivity contribution in [1.29, 1.82) is 0 Å². The number of hydrogen-bond acceptors (Lipinski definition) is 5. The molecule has 4 aliphatic rings. The minimum absolute atomic E-state index is 0.133. The van der Waals surface area contributed by atoms with Gasteiger partial charge in [-0.2, -0.15) is 0 Å². The van der Waals surface area contributed by atoms with Gasteiger partial charge in [-0.1, -0.05) is 13.3 Å². The summed E-state index contributed by atoms with van der Waals surface area (Å²) in [5.74, 6) is -0.926. The number of fused-ring (bicyclic) bond motifs is 3. The van der Waals surface area contributed by atoms with Gasteiger partial charge in [-0.25, -0.2) is 0 Å². The molecule has 6 heteroatoms. The number of carboxylic acids is 1. The standard InChI is InChI=1S/C20H32O6/c1-15(14(22)23)5-3-6-16(2)13(15)4-7-17-10-18(24,8-9-20(16,17)26)19(25,11-17)12-21/h13,21,24-26H,3-12H2,1-2H3,(H,22,23)/t13-,15-,16-,17+,18+,19+,20-/m1/s1. The minimum Gasteiger partial charge on any atom is -0.481 e. The summed E-state index contributed by atoms with van der Waals surface area (Å²) in [7, 11) is 0. The Balaban J connectivity index is 1.82. The van der Waals surface area contributed by atoms with E-state index in [0.29, 0.717) is 25.7 Å². The van der Waals surface area contributed by atoms with Gasteiger partial charge in [0.15, 0.2) is 0 Å². The highest BCUT2D eigenvalue weighted by Crippen LogP contribution is 2.75. The molecular weight excluding hydrogens is 336 g/mol. The molecule has 0 saturated heterocycles. The molecule has 7 atom stereocenters. The summed E-state index contributed by atoms with van der Waals surface area (Å²) in [5.41, 5.74) is -6.19. The highest BCUT2D eigenvalue weighted by atomic mass is 16.4. The third kappa shape index (κ3) is 1.80. The van der Waals surface area contributed by atoms with E-state index in [1.165, 1.54) is 0 Å². The lowest BCUT2D eigenvalue weighted by Gasteiger charge is -2.67. The molecule has 26 heavy (non-hydrogen) atoms. The Bertz CT molecular complexity index is 650. The quantitative estimate of drug-likeness (QED) is 0.503. The topological polar surface area (TPSA) is 118 Å². The van der Waals surface area contributed by atoms with Crippen molar-refractivity contribution in [2.75, 3.05) is 6.61 Å². The van der Waals surface area contributed by atoms with Crippen LogP contribution in [0, 0.1) is 22.2 Å². The molecule has 0 heterocycles. The molecule has 4 saturated carbocycles. The van der Waals surface area contributed by atoms with Gasteiger partial charge in [0.1, 0.15) is 5.60 Å². The number of hydrogen-bond donors (Lipinski definition) is 5. The lowest BCUT2D eigenvalue weighted by molar-refractivity contribution is -0.271. The summed E-state index contributed by atoms with van der Waals surface area (Å²) >= 11 is 0. The van der Waals surface area contributed by atoms with Crippen LogP contribution < -0.4 is 0 Å². The maximum atomic E-state index is 12.1. The summed E-state index contributed by atoms with van der Waals surface area (Å²) < 4.78 is 0. The van der Waals surface area contributed by atoms with Gasteiger partial charge < -0.3 is 25.5 Å². The summed E-state index contributed by atoms with van der Waals surface area (Å²) in [5, 5.41) is 53.8. The van der Waals surface area contributed by atoms with Crippen LogP contribution in [0.25, 0.3) is 0 Å². The second-order valence-electron chi connectivity index (χ2n) is 10.3. The molecule has 1 spiro atoms. The van der Waals surface area contributed by atoms with E-state index in [2.05, 4.69) is 0 Å². The first-order valence-corrected chi connectivity index (χ1v) is 9.94. The van der Waals surface area contributed by atoms with Crippen LogP contribution in [0.1, 0.15) is 71.6 Å². The Kier molecular flexibility index (Phi) is 3.60. The molecule has 4 rings (SSSR count). The van der Waals surface area contributed by atoms with Crippen LogP contribution in [0.5, 0.6) is 0 Å². The SMILES string of the molecule is C[C@@]1(C(=O)O)CCC[C@]2(C)[C@@H]1CC[C@]13C[C@](O)(CO)[C@](O)(CC[C@]12O)C3. The first kappa shape index (κ1) is 18.7. The fourth-order valence-corrected chi connectivity index (χ4v) is 7.94. The molecule has 0 radical (unpaired) electrons. The van der Waals surface area contributed by atoms with E-state index in [1.807, 2.05) is 13.8 Å². The normalized spacial score (nSPS) is 58.8. The Hall–Kier alpha value is -0.690. The summed E-state index contributed by atoms with van der Waals surface area (Å²) in [6.07, 6.45) is 4.41. The van der Waals surface area contributed by atoms with Crippen molar-refractivity contribution in [3.63, 3.8) is 0 Å². The first-order valence-electron chi connectivity index (χ1n) is 9.94. The van der Waals surface area contributed by atoms with Crippen LogP contribution in [0.4, 0.5) is 0 Å². The van der Waals surface area contributed by atoms with Crippen molar-refractivity contribution in [2.45, 2.75) is 88.4 Å². The predicted octanol–water partition coefficient (Wildman–Crippen LogP) is 1.44. The van der Waals surface area contributed by atoms with Gasteiger partial charge >= 0.3 is 5.97 Å². The van der Waals surface area contributed by atoms with Crippen LogP contribution in [0.3, 0.4) is 0 Å². The van der Waals surface area contributed by atoms with E-state index >= 15 is 0 Å². The van der Waals surface area contributed by atoms with Crippen molar-refractivity contribution in [3.8, 4) is 0 Å². The van der Waals surface area contributed by atoms with Crippen LogP contribution in [-0.2, 0) is 4.79 Å². The van der Waals surface area contributed by atoms with Gasteiger partial charge in [0.05, 0.1) is 23.2 Å². The molecule has 0 aliphatic heterocycles. The first-order chi connectivity index (χ1) is 11.9. The number of aliphatic carboxylic acids is 1. The van der Waals surface area contributed by atoms with E-state index in [0.717, 1.165) is 12.8 Å². The third-order valence-electron chi connectivity index (χ3n) is 9.44. The molecule has 4 fully saturated rings. The zero-order chi connectivity index (χ0) is 19.2. The average Bonchev–Trinajstić information content (AvgIpc) is 2.76. The van der Waals surface area contributed by atoms with E-state index in [1.54, 1.807) is 0 Å². The average molecular weight is 368 g/mol. The molecule has 5 N–H and O–H groups in total. The monoisotopic (exact) mass is 368 g/mol. The number of aliphatic hydroxyl groups excluding tert-OH is 1. The number of aliphatic hydroxyl groups is 4. The largest absolute Gasteiger partial charge is 0.481 e. The Morgan fingerprint density at radius 2 is 1.69 bits per heavy atom. The summed E-state index contributed by atoms with van der Waals surface area (Å²) in [6, 6.07) is 0. The van der Waals surface area contributed by atoms with E-state index < -0.39 is 45.6 Å². The van der Waals surface area contributed by atoms with Gasteiger partial charge in [0, 0.05) is 10.8 Å². The number of rotatable bonds is 2. The van der Waals surface area contributed by atoms with Crippen LogP contribution in [-0.4, -0.2) is 54.9 Å². The maximum absolute atomic E-state index is 12.1.